The Hall–Kier alpha value is 0.180. The van der Waals surface area contributed by atoms with E-state index in [9.17, 15) is 0 Å². The fourth-order valence-corrected chi connectivity index (χ4v) is 2.57. The maximum absolute atomic E-state index is 3.83. The van der Waals surface area contributed by atoms with Gasteiger partial charge in [0.25, 0.3) is 0 Å². The van der Waals surface area contributed by atoms with E-state index in [-0.39, 0.29) is 0 Å². The van der Waals surface area contributed by atoms with Gasteiger partial charge in [-0.2, -0.15) is 0 Å². The van der Waals surface area contributed by atoms with Crippen LogP contribution in [0.2, 0.25) is 0 Å². The summed E-state index contributed by atoms with van der Waals surface area (Å²) >= 11 is 3.37. The van der Waals surface area contributed by atoms with Crippen molar-refractivity contribution in [2.75, 3.05) is 6.54 Å². The van der Waals surface area contributed by atoms with Crippen LogP contribution in [0, 0.1) is 11.3 Å². The zero-order valence-electron chi connectivity index (χ0n) is 8.86. The molecule has 0 amide bonds. The van der Waals surface area contributed by atoms with Crippen molar-refractivity contribution in [3.63, 3.8) is 0 Å². The second kappa shape index (κ2) is 4.14. The van der Waals surface area contributed by atoms with Crippen LogP contribution in [-0.4, -0.2) is 12.6 Å². The Morgan fingerprint density at radius 1 is 1.54 bits per heavy atom. The Kier molecular flexibility index (Phi) is 3.58. The minimum atomic E-state index is 0.519. The molecular weight excluding hydrogens is 226 g/mol. The van der Waals surface area contributed by atoms with Crippen LogP contribution in [0.15, 0.2) is 11.1 Å². The predicted octanol–water partition coefficient (Wildman–Crippen LogP) is 3.31. The van der Waals surface area contributed by atoms with Gasteiger partial charge in [0, 0.05) is 17.1 Å². The van der Waals surface area contributed by atoms with Gasteiger partial charge in [0.2, 0.25) is 0 Å². The van der Waals surface area contributed by atoms with Crippen LogP contribution < -0.4 is 5.32 Å². The zero-order valence-corrected chi connectivity index (χ0v) is 10.4. The molecule has 0 heterocycles. The molecule has 1 aliphatic carbocycles. The summed E-state index contributed by atoms with van der Waals surface area (Å²) < 4.78 is 1.05. The molecule has 0 aromatic carbocycles. The minimum absolute atomic E-state index is 0.519. The normalized spacial score (nSPS) is 32.0. The topological polar surface area (TPSA) is 12.0 Å². The van der Waals surface area contributed by atoms with Gasteiger partial charge in [-0.15, -0.1) is 0 Å². The largest absolute Gasteiger partial charge is 0.309 e. The lowest BCUT2D eigenvalue weighted by Crippen LogP contribution is -2.32. The smallest absolute Gasteiger partial charge is 0.0268 e. The van der Waals surface area contributed by atoms with Gasteiger partial charge < -0.3 is 5.32 Å². The molecule has 0 aromatic rings. The lowest BCUT2D eigenvalue weighted by molar-refractivity contribution is 0.363. The van der Waals surface area contributed by atoms with Gasteiger partial charge in [-0.1, -0.05) is 43.3 Å². The molecule has 13 heavy (non-hydrogen) atoms. The molecule has 1 fully saturated rings. The fraction of sp³-hybridized carbons (Fsp3) is 0.818. The molecule has 2 unspecified atom stereocenters. The van der Waals surface area contributed by atoms with Crippen molar-refractivity contribution in [1.82, 2.24) is 5.32 Å². The molecule has 2 heteroatoms. The van der Waals surface area contributed by atoms with Crippen LogP contribution >= 0.6 is 15.9 Å². The number of nitrogens with one attached hydrogen (secondary N) is 1. The van der Waals surface area contributed by atoms with Crippen molar-refractivity contribution in [2.24, 2.45) is 11.3 Å². The molecule has 1 N–H and O–H groups in total. The summed E-state index contributed by atoms with van der Waals surface area (Å²) in [5.41, 5.74) is 0.519. The molecule has 76 valence electrons. The Morgan fingerprint density at radius 2 is 2.15 bits per heavy atom. The van der Waals surface area contributed by atoms with Gasteiger partial charge in [-0.25, -0.2) is 0 Å². The first-order valence-corrected chi connectivity index (χ1v) is 5.77. The standard InChI is InChI=1S/C11H20BrN/c1-8-5-11(3,4)6-10(8)13-7-9(2)12/h8,10,13H,2,5-7H2,1,3-4H3. The average molecular weight is 246 g/mol. The maximum Gasteiger partial charge on any atom is 0.0268 e. The minimum Gasteiger partial charge on any atom is -0.309 e. The molecule has 0 radical (unpaired) electrons. The average Bonchev–Trinajstić information content (AvgIpc) is 2.20. The van der Waals surface area contributed by atoms with Crippen molar-refractivity contribution >= 4 is 15.9 Å². The molecule has 1 aliphatic rings. The Balaban J connectivity index is 2.39. The molecule has 0 saturated heterocycles. The first-order valence-electron chi connectivity index (χ1n) is 4.97. The SMILES string of the molecule is C=C(Br)CNC1CC(C)(C)CC1C. The highest BCUT2D eigenvalue weighted by Crippen LogP contribution is 2.40. The van der Waals surface area contributed by atoms with Crippen LogP contribution in [0.1, 0.15) is 33.6 Å². The molecule has 0 aromatic heterocycles. The highest BCUT2D eigenvalue weighted by molar-refractivity contribution is 9.11. The van der Waals surface area contributed by atoms with E-state index in [1.807, 2.05) is 0 Å². The van der Waals surface area contributed by atoms with Gasteiger partial charge in [0.15, 0.2) is 0 Å². The van der Waals surface area contributed by atoms with E-state index < -0.39 is 0 Å². The van der Waals surface area contributed by atoms with Gasteiger partial charge in [0.05, 0.1) is 0 Å². The predicted molar refractivity (Wildman–Crippen MR) is 62.0 cm³/mol. The number of rotatable bonds is 3. The van der Waals surface area contributed by atoms with Crippen molar-refractivity contribution in [3.05, 3.63) is 11.1 Å². The highest BCUT2D eigenvalue weighted by atomic mass is 79.9. The molecule has 0 aliphatic heterocycles. The quantitative estimate of drug-likeness (QED) is 0.805. The third-order valence-corrected chi connectivity index (χ3v) is 3.17. The van der Waals surface area contributed by atoms with E-state index in [0.29, 0.717) is 11.5 Å². The van der Waals surface area contributed by atoms with Gasteiger partial charge in [-0.3, -0.25) is 0 Å². The van der Waals surface area contributed by atoms with E-state index >= 15 is 0 Å². The fourth-order valence-electron chi connectivity index (χ4n) is 2.41. The third-order valence-electron chi connectivity index (χ3n) is 2.89. The second-order valence-corrected chi connectivity index (χ2v) is 6.18. The van der Waals surface area contributed by atoms with E-state index in [4.69, 9.17) is 0 Å². The third kappa shape index (κ3) is 3.43. The second-order valence-electron chi connectivity index (χ2n) is 5.05. The van der Waals surface area contributed by atoms with Gasteiger partial charge >= 0.3 is 0 Å². The highest BCUT2D eigenvalue weighted by Gasteiger charge is 2.35. The Morgan fingerprint density at radius 3 is 2.54 bits per heavy atom. The lowest BCUT2D eigenvalue weighted by Gasteiger charge is -2.18. The monoisotopic (exact) mass is 245 g/mol. The number of hydrogen-bond acceptors (Lipinski definition) is 1. The van der Waals surface area contributed by atoms with Gasteiger partial charge in [-0.05, 0) is 24.2 Å². The van der Waals surface area contributed by atoms with Crippen molar-refractivity contribution in [1.29, 1.82) is 0 Å². The summed E-state index contributed by atoms with van der Waals surface area (Å²) in [5, 5.41) is 3.54. The van der Waals surface area contributed by atoms with Crippen LogP contribution in [0.3, 0.4) is 0 Å². The first kappa shape index (κ1) is 11.3. The lowest BCUT2D eigenvalue weighted by atomic mass is 9.91. The van der Waals surface area contributed by atoms with Gasteiger partial charge in [0.1, 0.15) is 0 Å². The molecule has 1 nitrogen and oxygen atoms in total. The summed E-state index contributed by atoms with van der Waals surface area (Å²) in [7, 11) is 0. The maximum atomic E-state index is 3.83. The Bertz CT molecular complexity index is 198. The molecule has 0 spiro atoms. The molecule has 1 saturated carbocycles. The number of halogens is 1. The van der Waals surface area contributed by atoms with Crippen LogP contribution in [0.4, 0.5) is 0 Å². The summed E-state index contributed by atoms with van der Waals surface area (Å²) in [6.45, 7) is 11.8. The van der Waals surface area contributed by atoms with Crippen LogP contribution in [0.5, 0.6) is 0 Å². The van der Waals surface area contributed by atoms with Crippen LogP contribution in [0.25, 0.3) is 0 Å². The van der Waals surface area contributed by atoms with E-state index in [2.05, 4.69) is 48.6 Å². The van der Waals surface area contributed by atoms with Crippen molar-refractivity contribution in [2.45, 2.75) is 39.7 Å². The zero-order chi connectivity index (χ0) is 10.1. The van der Waals surface area contributed by atoms with Crippen molar-refractivity contribution in [3.8, 4) is 0 Å². The summed E-state index contributed by atoms with van der Waals surface area (Å²) in [6.07, 6.45) is 2.62. The van der Waals surface area contributed by atoms with Crippen LogP contribution in [-0.2, 0) is 0 Å². The first-order chi connectivity index (χ1) is 5.91. The molecule has 0 bridgehead atoms. The Labute approximate surface area is 90.1 Å². The summed E-state index contributed by atoms with van der Waals surface area (Å²) in [6, 6.07) is 0.671. The van der Waals surface area contributed by atoms with Crippen molar-refractivity contribution < 1.29 is 0 Å². The van der Waals surface area contributed by atoms with E-state index in [1.165, 1.54) is 12.8 Å². The van der Waals surface area contributed by atoms with E-state index in [1.54, 1.807) is 0 Å². The molecule has 2 atom stereocenters. The molecule has 1 rings (SSSR count). The molecular formula is C11H20BrN. The summed E-state index contributed by atoms with van der Waals surface area (Å²) in [5.74, 6) is 0.793. The number of hydrogen-bond donors (Lipinski definition) is 1. The summed E-state index contributed by atoms with van der Waals surface area (Å²) in [4.78, 5) is 0. The van der Waals surface area contributed by atoms with E-state index in [0.717, 1.165) is 16.9 Å².